The fourth-order valence-corrected chi connectivity index (χ4v) is 4.41. The van der Waals surface area contributed by atoms with Crippen LogP contribution < -0.4 is 0 Å². The first-order valence-electron chi connectivity index (χ1n) is 8.72. The molecule has 0 aliphatic heterocycles. The third-order valence-corrected chi connectivity index (χ3v) is 6.39. The van der Waals surface area contributed by atoms with Crippen LogP contribution in [0.15, 0.2) is 34.6 Å². The third-order valence-electron chi connectivity index (χ3n) is 4.21. The van der Waals surface area contributed by atoms with E-state index in [9.17, 15) is 0 Å². The molecule has 0 radical (unpaired) electrons. The van der Waals surface area contributed by atoms with Crippen LogP contribution in [0.2, 0.25) is 0 Å². The summed E-state index contributed by atoms with van der Waals surface area (Å²) < 4.78 is 4.15. The quantitative estimate of drug-likeness (QED) is 0.549. The van der Waals surface area contributed by atoms with Gasteiger partial charge in [0.1, 0.15) is 11.6 Å². The summed E-state index contributed by atoms with van der Waals surface area (Å²) in [5, 5.41) is 18.9. The standard InChI is InChI=1S/C18H24N6S2/c1-5-15-19-21-17(23(15)3)25-11-13-8-7-9-14(10-13)12-26-18-22-20-16(6-2)24(18)4/h7-10H,5-6,11-12H2,1-4H3. The summed E-state index contributed by atoms with van der Waals surface area (Å²) in [5.41, 5.74) is 2.59. The van der Waals surface area contributed by atoms with E-state index in [1.807, 2.05) is 14.1 Å². The van der Waals surface area contributed by atoms with Gasteiger partial charge in [-0.25, -0.2) is 0 Å². The molecule has 0 aliphatic carbocycles. The average molecular weight is 389 g/mol. The molecular weight excluding hydrogens is 364 g/mol. The van der Waals surface area contributed by atoms with Crippen molar-refractivity contribution in [2.75, 3.05) is 0 Å². The Morgan fingerprint density at radius 3 is 1.62 bits per heavy atom. The van der Waals surface area contributed by atoms with E-state index in [1.54, 1.807) is 23.5 Å². The zero-order valence-electron chi connectivity index (χ0n) is 15.6. The molecule has 2 aromatic heterocycles. The zero-order chi connectivity index (χ0) is 18.5. The summed E-state index contributed by atoms with van der Waals surface area (Å²) in [7, 11) is 4.05. The van der Waals surface area contributed by atoms with Crippen molar-refractivity contribution in [3.8, 4) is 0 Å². The molecular formula is C18H24N6S2. The molecule has 0 aliphatic rings. The van der Waals surface area contributed by atoms with Crippen molar-refractivity contribution in [3.63, 3.8) is 0 Å². The lowest BCUT2D eigenvalue weighted by molar-refractivity contribution is 0.741. The first-order chi connectivity index (χ1) is 12.6. The Labute approximate surface area is 162 Å². The van der Waals surface area contributed by atoms with Gasteiger partial charge in [0.2, 0.25) is 0 Å². The van der Waals surface area contributed by atoms with Gasteiger partial charge in [-0.2, -0.15) is 0 Å². The van der Waals surface area contributed by atoms with E-state index in [0.717, 1.165) is 46.3 Å². The van der Waals surface area contributed by atoms with Gasteiger partial charge in [-0.3, -0.25) is 0 Å². The number of nitrogens with zero attached hydrogens (tertiary/aromatic N) is 6. The van der Waals surface area contributed by atoms with Crippen molar-refractivity contribution in [2.24, 2.45) is 14.1 Å². The highest BCUT2D eigenvalue weighted by Crippen LogP contribution is 2.25. The molecule has 0 fully saturated rings. The molecule has 0 N–H and O–H groups in total. The van der Waals surface area contributed by atoms with Gasteiger partial charge in [0.15, 0.2) is 10.3 Å². The van der Waals surface area contributed by atoms with E-state index in [1.165, 1.54) is 11.1 Å². The number of thioether (sulfide) groups is 2. The van der Waals surface area contributed by atoms with Gasteiger partial charge in [0.25, 0.3) is 0 Å². The highest BCUT2D eigenvalue weighted by atomic mass is 32.2. The van der Waals surface area contributed by atoms with Gasteiger partial charge in [0.05, 0.1) is 0 Å². The summed E-state index contributed by atoms with van der Waals surface area (Å²) in [6.45, 7) is 4.19. The molecule has 1 aromatic carbocycles. The topological polar surface area (TPSA) is 61.4 Å². The van der Waals surface area contributed by atoms with Crippen LogP contribution in [0.4, 0.5) is 0 Å². The molecule has 3 aromatic rings. The van der Waals surface area contributed by atoms with Crippen molar-refractivity contribution < 1.29 is 0 Å². The fraction of sp³-hybridized carbons (Fsp3) is 0.444. The molecule has 3 rings (SSSR count). The third kappa shape index (κ3) is 4.29. The van der Waals surface area contributed by atoms with Crippen molar-refractivity contribution in [2.45, 2.75) is 48.5 Å². The van der Waals surface area contributed by atoms with Gasteiger partial charge < -0.3 is 9.13 Å². The van der Waals surface area contributed by atoms with Crippen LogP contribution in [0.1, 0.15) is 36.6 Å². The second kappa shape index (κ2) is 8.73. The molecule has 0 saturated heterocycles. The SMILES string of the molecule is CCc1nnc(SCc2cccc(CSc3nnc(CC)n3C)c2)n1C. The Balaban J connectivity index is 1.60. The van der Waals surface area contributed by atoms with Crippen LogP contribution in [0.5, 0.6) is 0 Å². The Hall–Kier alpha value is -1.80. The van der Waals surface area contributed by atoms with Gasteiger partial charge in [-0.1, -0.05) is 61.6 Å². The number of aryl methyl sites for hydroxylation is 2. The van der Waals surface area contributed by atoms with Crippen LogP contribution in [0.3, 0.4) is 0 Å². The lowest BCUT2D eigenvalue weighted by atomic mass is 10.2. The predicted octanol–water partition coefficient (Wildman–Crippen LogP) is 3.65. The van der Waals surface area contributed by atoms with Crippen molar-refractivity contribution in [1.29, 1.82) is 0 Å². The zero-order valence-corrected chi connectivity index (χ0v) is 17.3. The van der Waals surface area contributed by atoms with E-state index in [2.05, 4.69) is 67.6 Å². The van der Waals surface area contributed by atoms with E-state index in [-0.39, 0.29) is 0 Å². The smallest absolute Gasteiger partial charge is 0.191 e. The van der Waals surface area contributed by atoms with E-state index in [4.69, 9.17) is 0 Å². The lowest BCUT2D eigenvalue weighted by Gasteiger charge is -2.06. The minimum atomic E-state index is 0.887. The highest BCUT2D eigenvalue weighted by molar-refractivity contribution is 7.98. The van der Waals surface area contributed by atoms with Gasteiger partial charge in [-0.15, -0.1) is 20.4 Å². The maximum absolute atomic E-state index is 4.27. The monoisotopic (exact) mass is 388 g/mol. The molecule has 8 heteroatoms. The number of hydrogen-bond donors (Lipinski definition) is 0. The minimum absolute atomic E-state index is 0.887. The summed E-state index contributed by atoms with van der Waals surface area (Å²) in [6, 6.07) is 8.70. The summed E-state index contributed by atoms with van der Waals surface area (Å²) in [5.74, 6) is 3.82. The lowest BCUT2D eigenvalue weighted by Crippen LogP contribution is -1.97. The van der Waals surface area contributed by atoms with Crippen LogP contribution in [-0.4, -0.2) is 29.5 Å². The molecule has 0 spiro atoms. The maximum Gasteiger partial charge on any atom is 0.191 e. The van der Waals surface area contributed by atoms with E-state index >= 15 is 0 Å². The minimum Gasteiger partial charge on any atom is -0.309 e. The second-order valence-corrected chi connectivity index (χ2v) is 7.91. The molecule has 26 heavy (non-hydrogen) atoms. The molecule has 0 saturated carbocycles. The van der Waals surface area contributed by atoms with Crippen LogP contribution >= 0.6 is 23.5 Å². The van der Waals surface area contributed by atoms with Crippen LogP contribution in [0.25, 0.3) is 0 Å². The van der Waals surface area contributed by atoms with E-state index in [0.29, 0.717) is 0 Å². The molecule has 0 amide bonds. The van der Waals surface area contributed by atoms with Gasteiger partial charge >= 0.3 is 0 Å². The predicted molar refractivity (Wildman–Crippen MR) is 106 cm³/mol. The van der Waals surface area contributed by atoms with Crippen LogP contribution in [-0.2, 0) is 38.4 Å². The van der Waals surface area contributed by atoms with Crippen LogP contribution in [0, 0.1) is 0 Å². The molecule has 2 heterocycles. The summed E-state index contributed by atoms with van der Waals surface area (Å²) in [4.78, 5) is 0. The first kappa shape index (κ1) is 19.0. The Morgan fingerprint density at radius 1 is 0.769 bits per heavy atom. The van der Waals surface area contributed by atoms with Crippen molar-refractivity contribution in [1.82, 2.24) is 29.5 Å². The van der Waals surface area contributed by atoms with Gasteiger partial charge in [0, 0.05) is 38.4 Å². The highest BCUT2D eigenvalue weighted by Gasteiger charge is 2.09. The maximum atomic E-state index is 4.27. The Morgan fingerprint density at radius 2 is 1.23 bits per heavy atom. The number of rotatable bonds is 8. The molecule has 6 nitrogen and oxygen atoms in total. The number of hydrogen-bond acceptors (Lipinski definition) is 6. The summed E-state index contributed by atoms with van der Waals surface area (Å²) >= 11 is 3.45. The number of aromatic nitrogens is 6. The molecule has 0 bridgehead atoms. The first-order valence-corrected chi connectivity index (χ1v) is 10.7. The Kier molecular flexibility index (Phi) is 6.37. The average Bonchev–Trinajstić information content (AvgIpc) is 3.20. The fourth-order valence-electron chi connectivity index (χ4n) is 2.66. The summed E-state index contributed by atoms with van der Waals surface area (Å²) in [6.07, 6.45) is 1.80. The molecule has 138 valence electrons. The second-order valence-electron chi connectivity index (χ2n) is 6.02. The largest absolute Gasteiger partial charge is 0.309 e. The number of benzene rings is 1. The van der Waals surface area contributed by atoms with E-state index < -0.39 is 0 Å². The molecule has 0 unspecified atom stereocenters. The van der Waals surface area contributed by atoms with Gasteiger partial charge in [-0.05, 0) is 11.1 Å². The Bertz CT molecular complexity index is 803. The normalized spacial score (nSPS) is 11.2. The van der Waals surface area contributed by atoms with Crippen molar-refractivity contribution in [3.05, 3.63) is 47.0 Å². The molecule has 0 atom stereocenters. The van der Waals surface area contributed by atoms with Crippen molar-refractivity contribution >= 4 is 23.5 Å².